The lowest BCUT2D eigenvalue weighted by molar-refractivity contribution is -0.137. The third-order valence-corrected chi connectivity index (χ3v) is 5.36. The van der Waals surface area contributed by atoms with Gasteiger partial charge in [-0.2, -0.15) is 18.3 Å². The van der Waals surface area contributed by atoms with Crippen LogP contribution in [0.15, 0.2) is 46.9 Å². The monoisotopic (exact) mass is 512 g/mol. The van der Waals surface area contributed by atoms with Gasteiger partial charge in [0.25, 0.3) is 0 Å². The SMILES string of the molecule is CCOc1cc(/C=N\NC(=O)Cc2csc(Nc3cccc(C(F)(F)F)c3)n2)cc(Cl)c1OC. The van der Waals surface area contributed by atoms with Crippen LogP contribution in [0.3, 0.4) is 0 Å². The Balaban J connectivity index is 1.58. The van der Waals surface area contributed by atoms with Crippen molar-refractivity contribution in [2.24, 2.45) is 5.10 Å². The topological polar surface area (TPSA) is 84.8 Å². The summed E-state index contributed by atoms with van der Waals surface area (Å²) in [4.78, 5) is 16.4. The highest BCUT2D eigenvalue weighted by Gasteiger charge is 2.30. The van der Waals surface area contributed by atoms with Gasteiger partial charge in [-0.05, 0) is 42.8 Å². The zero-order chi connectivity index (χ0) is 24.7. The average molecular weight is 513 g/mol. The molecule has 2 N–H and O–H groups in total. The fourth-order valence-corrected chi connectivity index (χ4v) is 3.88. The summed E-state index contributed by atoms with van der Waals surface area (Å²) in [6.45, 7) is 2.25. The van der Waals surface area contributed by atoms with E-state index in [1.807, 2.05) is 6.92 Å². The van der Waals surface area contributed by atoms with Gasteiger partial charge >= 0.3 is 6.18 Å². The fraction of sp³-hybridized carbons (Fsp3) is 0.227. The second kappa shape index (κ2) is 11.2. The Bertz CT molecular complexity index is 1180. The largest absolute Gasteiger partial charge is 0.491 e. The first-order valence-corrected chi connectivity index (χ1v) is 11.2. The van der Waals surface area contributed by atoms with Crippen LogP contribution in [0.4, 0.5) is 24.0 Å². The van der Waals surface area contributed by atoms with Gasteiger partial charge in [0.05, 0.1) is 42.6 Å². The van der Waals surface area contributed by atoms with Gasteiger partial charge in [-0.1, -0.05) is 17.7 Å². The van der Waals surface area contributed by atoms with Gasteiger partial charge in [0, 0.05) is 11.1 Å². The van der Waals surface area contributed by atoms with Crippen LogP contribution in [0, 0.1) is 0 Å². The van der Waals surface area contributed by atoms with E-state index in [1.54, 1.807) is 17.5 Å². The Kier molecular flexibility index (Phi) is 8.35. The molecular weight excluding hydrogens is 493 g/mol. The second-order valence-electron chi connectivity index (χ2n) is 6.78. The third kappa shape index (κ3) is 6.84. The number of anilines is 2. The number of hydrogen-bond acceptors (Lipinski definition) is 7. The Labute approximate surface area is 202 Å². The van der Waals surface area contributed by atoms with Crippen LogP contribution in [0.5, 0.6) is 11.5 Å². The number of aromatic nitrogens is 1. The summed E-state index contributed by atoms with van der Waals surface area (Å²) in [6, 6.07) is 8.07. The van der Waals surface area contributed by atoms with Crippen molar-refractivity contribution in [3.63, 3.8) is 0 Å². The zero-order valence-corrected chi connectivity index (χ0v) is 19.6. The summed E-state index contributed by atoms with van der Waals surface area (Å²) in [5, 5.41) is 9.07. The van der Waals surface area contributed by atoms with Gasteiger partial charge in [-0.15, -0.1) is 11.3 Å². The molecule has 3 rings (SSSR count). The molecule has 180 valence electrons. The molecule has 0 bridgehead atoms. The minimum Gasteiger partial charge on any atom is -0.491 e. The normalized spacial score (nSPS) is 11.5. The highest BCUT2D eigenvalue weighted by Crippen LogP contribution is 2.36. The smallest absolute Gasteiger partial charge is 0.416 e. The van der Waals surface area contributed by atoms with Crippen LogP contribution >= 0.6 is 22.9 Å². The van der Waals surface area contributed by atoms with E-state index >= 15 is 0 Å². The lowest BCUT2D eigenvalue weighted by Crippen LogP contribution is -2.20. The van der Waals surface area contributed by atoms with Crippen LogP contribution in [0.25, 0.3) is 0 Å². The first kappa shape index (κ1) is 25.3. The predicted octanol–water partition coefficient (Wildman–Crippen LogP) is 5.66. The standard InChI is InChI=1S/C22H20ClF3N4O3S/c1-3-33-18-8-13(7-17(23)20(18)32-2)11-27-30-19(31)10-16-12-34-21(29-16)28-15-6-4-5-14(9-15)22(24,25)26/h4-9,11-12H,3,10H2,1-2H3,(H,28,29)(H,30,31)/b27-11-. The van der Waals surface area contributed by atoms with Crippen molar-refractivity contribution in [2.75, 3.05) is 19.0 Å². The summed E-state index contributed by atoms with van der Waals surface area (Å²) >= 11 is 7.36. The molecule has 0 spiro atoms. The molecule has 1 amide bonds. The van der Waals surface area contributed by atoms with Crippen LogP contribution in [-0.2, 0) is 17.4 Å². The summed E-state index contributed by atoms with van der Waals surface area (Å²) < 4.78 is 49.3. The van der Waals surface area contributed by atoms with Crippen molar-refractivity contribution >= 4 is 45.9 Å². The lowest BCUT2D eigenvalue weighted by Gasteiger charge is -2.11. The number of nitrogens with one attached hydrogen (secondary N) is 2. The van der Waals surface area contributed by atoms with Crippen molar-refractivity contribution in [3.8, 4) is 11.5 Å². The summed E-state index contributed by atoms with van der Waals surface area (Å²) in [7, 11) is 1.48. The zero-order valence-electron chi connectivity index (χ0n) is 18.1. The second-order valence-corrected chi connectivity index (χ2v) is 8.05. The first-order valence-electron chi connectivity index (χ1n) is 9.90. The Morgan fingerprint density at radius 1 is 1.29 bits per heavy atom. The number of hydrazone groups is 1. The molecule has 0 fully saturated rings. The number of carbonyl (C=O) groups is 1. The molecule has 3 aromatic rings. The molecule has 0 aliphatic rings. The van der Waals surface area contributed by atoms with Gasteiger partial charge in [0.15, 0.2) is 16.6 Å². The molecular formula is C22H20ClF3N4O3S. The molecule has 1 aromatic heterocycles. The molecule has 7 nitrogen and oxygen atoms in total. The maximum Gasteiger partial charge on any atom is 0.416 e. The number of hydrogen-bond donors (Lipinski definition) is 2. The number of thiazole rings is 1. The lowest BCUT2D eigenvalue weighted by atomic mass is 10.2. The number of ether oxygens (including phenoxy) is 2. The number of carbonyl (C=O) groups excluding carboxylic acids is 1. The van der Waals surface area contributed by atoms with E-state index in [2.05, 4.69) is 20.8 Å². The number of methoxy groups -OCH3 is 1. The van der Waals surface area contributed by atoms with E-state index < -0.39 is 17.6 Å². The molecule has 0 atom stereocenters. The number of nitrogens with zero attached hydrogens (tertiary/aromatic N) is 2. The fourth-order valence-electron chi connectivity index (χ4n) is 2.85. The van der Waals surface area contributed by atoms with Crippen molar-refractivity contribution in [2.45, 2.75) is 19.5 Å². The van der Waals surface area contributed by atoms with Gasteiger partial charge in [-0.3, -0.25) is 4.79 Å². The Morgan fingerprint density at radius 3 is 2.79 bits per heavy atom. The number of halogens is 4. The van der Waals surface area contributed by atoms with Crippen LogP contribution in [0.1, 0.15) is 23.7 Å². The van der Waals surface area contributed by atoms with Crippen molar-refractivity contribution in [1.82, 2.24) is 10.4 Å². The van der Waals surface area contributed by atoms with Crippen LogP contribution < -0.4 is 20.2 Å². The van der Waals surface area contributed by atoms with E-state index in [0.29, 0.717) is 39.5 Å². The molecule has 34 heavy (non-hydrogen) atoms. The van der Waals surface area contributed by atoms with E-state index in [-0.39, 0.29) is 12.1 Å². The Hall–Kier alpha value is -3.31. The molecule has 0 unspecified atom stereocenters. The summed E-state index contributed by atoms with van der Waals surface area (Å²) in [5.74, 6) is 0.438. The highest BCUT2D eigenvalue weighted by molar-refractivity contribution is 7.13. The van der Waals surface area contributed by atoms with E-state index in [4.69, 9.17) is 21.1 Å². The number of rotatable bonds is 9. The maximum atomic E-state index is 12.9. The summed E-state index contributed by atoms with van der Waals surface area (Å²) in [6.07, 6.45) is -3.09. The van der Waals surface area contributed by atoms with Gasteiger partial charge in [0.1, 0.15) is 0 Å². The van der Waals surface area contributed by atoms with Crippen molar-refractivity contribution in [1.29, 1.82) is 0 Å². The van der Waals surface area contributed by atoms with Gasteiger partial charge in [-0.25, -0.2) is 10.4 Å². The van der Waals surface area contributed by atoms with Crippen molar-refractivity contribution < 1.29 is 27.4 Å². The van der Waals surface area contributed by atoms with Crippen molar-refractivity contribution in [3.05, 3.63) is 63.6 Å². The highest BCUT2D eigenvalue weighted by atomic mass is 35.5. The molecule has 0 saturated carbocycles. The quantitative estimate of drug-likeness (QED) is 0.285. The predicted molar refractivity (Wildman–Crippen MR) is 125 cm³/mol. The van der Waals surface area contributed by atoms with E-state index in [0.717, 1.165) is 12.1 Å². The van der Waals surface area contributed by atoms with E-state index in [9.17, 15) is 18.0 Å². The minimum atomic E-state index is -4.44. The third-order valence-electron chi connectivity index (χ3n) is 4.27. The number of benzene rings is 2. The van der Waals surface area contributed by atoms with E-state index in [1.165, 1.54) is 36.8 Å². The maximum absolute atomic E-state index is 12.9. The molecule has 0 saturated heterocycles. The molecule has 0 radical (unpaired) electrons. The molecule has 0 aliphatic carbocycles. The first-order chi connectivity index (χ1) is 16.2. The number of alkyl halides is 3. The van der Waals surface area contributed by atoms with Crippen LogP contribution in [-0.4, -0.2) is 30.8 Å². The summed E-state index contributed by atoms with van der Waals surface area (Å²) in [5.41, 5.74) is 2.91. The molecule has 1 heterocycles. The Morgan fingerprint density at radius 2 is 2.09 bits per heavy atom. The number of amides is 1. The van der Waals surface area contributed by atoms with Crippen LogP contribution in [0.2, 0.25) is 5.02 Å². The van der Waals surface area contributed by atoms with Gasteiger partial charge < -0.3 is 14.8 Å². The minimum absolute atomic E-state index is 0.0638. The molecule has 0 aliphatic heterocycles. The molecule has 12 heteroatoms. The average Bonchev–Trinajstić information content (AvgIpc) is 3.20. The molecule has 2 aromatic carbocycles. The van der Waals surface area contributed by atoms with Gasteiger partial charge in [0.2, 0.25) is 5.91 Å².